The topological polar surface area (TPSA) is 40.6 Å². The molecule has 1 aliphatic heterocycles. The van der Waals surface area contributed by atoms with Crippen LogP contribution in [-0.2, 0) is 10.0 Å². The van der Waals surface area contributed by atoms with Gasteiger partial charge in [0.2, 0.25) is 10.0 Å². The van der Waals surface area contributed by atoms with Crippen molar-refractivity contribution in [3.63, 3.8) is 0 Å². The van der Waals surface area contributed by atoms with E-state index in [1.807, 2.05) is 6.92 Å². The summed E-state index contributed by atoms with van der Waals surface area (Å²) in [5.41, 5.74) is 2.32. The fourth-order valence-electron chi connectivity index (χ4n) is 2.58. The van der Waals surface area contributed by atoms with Crippen LogP contribution in [0.5, 0.6) is 0 Å². The first-order valence-electron chi connectivity index (χ1n) is 7.14. The molecule has 0 aliphatic carbocycles. The molecule has 124 valence electrons. The van der Waals surface area contributed by atoms with Gasteiger partial charge in [-0.1, -0.05) is 40.9 Å². The SMILES string of the molecule is Cc1ccc(N2CCN(S(=O)(=O)c3cc(Cl)sc3Cl)CC2)cc1. The lowest BCUT2D eigenvalue weighted by molar-refractivity contribution is 0.385. The van der Waals surface area contributed by atoms with E-state index in [1.54, 1.807) is 0 Å². The number of piperazine rings is 1. The first-order valence-corrected chi connectivity index (χ1v) is 10.2. The number of thiophene rings is 1. The number of anilines is 1. The van der Waals surface area contributed by atoms with Gasteiger partial charge in [0.05, 0.1) is 4.34 Å². The molecular formula is C15H16Cl2N2O2S2. The Labute approximate surface area is 150 Å². The van der Waals surface area contributed by atoms with E-state index in [9.17, 15) is 8.42 Å². The van der Waals surface area contributed by atoms with E-state index in [1.165, 1.54) is 15.9 Å². The third kappa shape index (κ3) is 3.51. The third-order valence-electron chi connectivity index (χ3n) is 3.88. The quantitative estimate of drug-likeness (QED) is 0.798. The number of nitrogens with zero attached hydrogens (tertiary/aromatic N) is 2. The molecule has 0 atom stereocenters. The average Bonchev–Trinajstić information content (AvgIpc) is 2.87. The smallest absolute Gasteiger partial charge is 0.245 e. The average molecular weight is 391 g/mol. The molecule has 1 saturated heterocycles. The zero-order valence-corrected chi connectivity index (χ0v) is 15.6. The maximum Gasteiger partial charge on any atom is 0.245 e. The number of halogens is 2. The largest absolute Gasteiger partial charge is 0.369 e. The number of hydrogen-bond donors (Lipinski definition) is 0. The van der Waals surface area contributed by atoms with Gasteiger partial charge in [0.1, 0.15) is 9.23 Å². The minimum absolute atomic E-state index is 0.109. The van der Waals surface area contributed by atoms with Crippen molar-refractivity contribution in [1.82, 2.24) is 4.31 Å². The summed E-state index contributed by atoms with van der Waals surface area (Å²) in [6, 6.07) is 9.68. The summed E-state index contributed by atoms with van der Waals surface area (Å²) >= 11 is 12.9. The number of hydrogen-bond acceptors (Lipinski definition) is 4. The van der Waals surface area contributed by atoms with Crippen LogP contribution in [0.4, 0.5) is 5.69 Å². The summed E-state index contributed by atoms with van der Waals surface area (Å²) in [4.78, 5) is 2.30. The highest BCUT2D eigenvalue weighted by atomic mass is 35.5. The van der Waals surface area contributed by atoms with Crippen LogP contribution < -0.4 is 4.90 Å². The zero-order chi connectivity index (χ0) is 16.6. The highest BCUT2D eigenvalue weighted by molar-refractivity contribution is 7.89. The van der Waals surface area contributed by atoms with Gasteiger partial charge in [-0.05, 0) is 25.1 Å². The minimum Gasteiger partial charge on any atom is -0.369 e. The first kappa shape index (κ1) is 17.0. The molecule has 0 N–H and O–H groups in total. The van der Waals surface area contributed by atoms with Crippen molar-refractivity contribution in [2.75, 3.05) is 31.1 Å². The van der Waals surface area contributed by atoms with Gasteiger partial charge in [-0.25, -0.2) is 8.42 Å². The summed E-state index contributed by atoms with van der Waals surface area (Å²) in [5, 5.41) is 0. The van der Waals surface area contributed by atoms with Crippen molar-refractivity contribution in [2.45, 2.75) is 11.8 Å². The van der Waals surface area contributed by atoms with Crippen LogP contribution in [-0.4, -0.2) is 38.9 Å². The molecule has 0 spiro atoms. The van der Waals surface area contributed by atoms with E-state index in [-0.39, 0.29) is 9.23 Å². The van der Waals surface area contributed by atoms with Crippen LogP contribution in [0.2, 0.25) is 8.67 Å². The fraction of sp³-hybridized carbons (Fsp3) is 0.333. The second-order valence-corrected chi connectivity index (χ2v) is 9.61. The number of aryl methyl sites for hydroxylation is 1. The van der Waals surface area contributed by atoms with Crippen molar-refractivity contribution in [2.24, 2.45) is 0 Å². The number of sulfonamides is 1. The molecule has 0 bridgehead atoms. The Morgan fingerprint density at radius 1 is 1.04 bits per heavy atom. The summed E-state index contributed by atoms with van der Waals surface area (Å²) in [5.74, 6) is 0. The van der Waals surface area contributed by atoms with Crippen molar-refractivity contribution in [1.29, 1.82) is 0 Å². The summed E-state index contributed by atoms with van der Waals surface area (Å²) < 4.78 is 27.4. The number of benzene rings is 1. The van der Waals surface area contributed by atoms with Crippen molar-refractivity contribution in [3.8, 4) is 0 Å². The molecule has 4 nitrogen and oxygen atoms in total. The third-order valence-corrected chi connectivity index (χ3v) is 7.53. The summed E-state index contributed by atoms with van der Waals surface area (Å²) in [7, 11) is -3.58. The van der Waals surface area contributed by atoms with Crippen LogP contribution in [0.25, 0.3) is 0 Å². The predicted molar refractivity (Wildman–Crippen MR) is 96.5 cm³/mol. The molecule has 3 rings (SSSR count). The lowest BCUT2D eigenvalue weighted by Gasteiger charge is -2.35. The molecule has 2 heterocycles. The van der Waals surface area contributed by atoms with Gasteiger partial charge in [0, 0.05) is 31.9 Å². The lowest BCUT2D eigenvalue weighted by Crippen LogP contribution is -2.48. The second kappa shape index (κ2) is 6.61. The molecule has 1 fully saturated rings. The van der Waals surface area contributed by atoms with Crippen LogP contribution in [0.1, 0.15) is 5.56 Å². The summed E-state index contributed by atoms with van der Waals surface area (Å²) in [6.45, 7) is 4.21. The van der Waals surface area contributed by atoms with Gasteiger partial charge in [-0.15, -0.1) is 11.3 Å². The molecular weight excluding hydrogens is 375 g/mol. The van der Waals surface area contributed by atoms with Crippen molar-refractivity contribution < 1.29 is 8.42 Å². The van der Waals surface area contributed by atoms with Crippen LogP contribution in [0.15, 0.2) is 35.2 Å². The van der Waals surface area contributed by atoms with Crippen LogP contribution in [0, 0.1) is 6.92 Å². The maximum absolute atomic E-state index is 12.7. The molecule has 8 heteroatoms. The highest BCUT2D eigenvalue weighted by Crippen LogP contribution is 2.36. The van der Waals surface area contributed by atoms with E-state index >= 15 is 0 Å². The van der Waals surface area contributed by atoms with E-state index in [4.69, 9.17) is 23.2 Å². The Bertz CT molecular complexity index is 795. The van der Waals surface area contributed by atoms with Crippen LogP contribution in [0.3, 0.4) is 0 Å². The zero-order valence-electron chi connectivity index (χ0n) is 12.5. The van der Waals surface area contributed by atoms with E-state index in [2.05, 4.69) is 29.2 Å². The Balaban J connectivity index is 1.73. The molecule has 0 saturated carbocycles. The van der Waals surface area contributed by atoms with Gasteiger partial charge in [-0.2, -0.15) is 4.31 Å². The van der Waals surface area contributed by atoms with Crippen molar-refractivity contribution >= 4 is 50.2 Å². The number of rotatable bonds is 3. The minimum atomic E-state index is -3.58. The molecule has 1 aliphatic rings. The second-order valence-electron chi connectivity index (χ2n) is 5.42. The molecule has 0 unspecified atom stereocenters. The molecule has 0 radical (unpaired) electrons. The van der Waals surface area contributed by atoms with Crippen LogP contribution >= 0.6 is 34.5 Å². The Morgan fingerprint density at radius 3 is 2.17 bits per heavy atom. The Morgan fingerprint density at radius 2 is 1.65 bits per heavy atom. The van der Waals surface area contributed by atoms with Gasteiger partial charge in [0.15, 0.2) is 0 Å². The van der Waals surface area contributed by atoms with E-state index in [0.717, 1.165) is 17.0 Å². The van der Waals surface area contributed by atoms with Crippen molar-refractivity contribution in [3.05, 3.63) is 44.6 Å². The highest BCUT2D eigenvalue weighted by Gasteiger charge is 2.31. The first-order chi connectivity index (χ1) is 10.9. The molecule has 1 aromatic heterocycles. The Hall–Kier alpha value is -0.790. The van der Waals surface area contributed by atoms with Gasteiger partial charge in [0.25, 0.3) is 0 Å². The molecule has 2 aromatic rings. The monoisotopic (exact) mass is 390 g/mol. The molecule has 1 aromatic carbocycles. The van der Waals surface area contributed by atoms with Gasteiger partial charge in [-0.3, -0.25) is 0 Å². The lowest BCUT2D eigenvalue weighted by atomic mass is 10.2. The fourth-order valence-corrected chi connectivity index (χ4v) is 6.12. The normalized spacial score (nSPS) is 16.7. The van der Waals surface area contributed by atoms with E-state index in [0.29, 0.717) is 30.5 Å². The predicted octanol–water partition coefficient (Wildman–Crippen LogP) is 3.87. The Kier molecular flexibility index (Phi) is 4.90. The van der Waals surface area contributed by atoms with Gasteiger partial charge < -0.3 is 4.90 Å². The van der Waals surface area contributed by atoms with Gasteiger partial charge >= 0.3 is 0 Å². The summed E-state index contributed by atoms with van der Waals surface area (Å²) in [6.07, 6.45) is 0. The van der Waals surface area contributed by atoms with E-state index < -0.39 is 10.0 Å². The molecule has 0 amide bonds. The molecule has 23 heavy (non-hydrogen) atoms. The maximum atomic E-state index is 12.7. The standard InChI is InChI=1S/C15H16Cl2N2O2S2/c1-11-2-4-12(5-3-11)18-6-8-19(9-7-18)23(20,21)13-10-14(16)22-15(13)17/h2-5,10H,6-9H2,1H3.